The second kappa shape index (κ2) is 7.57. The lowest BCUT2D eigenvalue weighted by molar-refractivity contribution is -0.137. The van der Waals surface area contributed by atoms with Gasteiger partial charge in [0.05, 0.1) is 26.7 Å². The first-order valence-corrected chi connectivity index (χ1v) is 9.17. The Balaban J connectivity index is 2.01. The summed E-state index contributed by atoms with van der Waals surface area (Å²) in [6.07, 6.45) is -3.34. The van der Waals surface area contributed by atoms with Crippen LogP contribution in [0.25, 0.3) is 6.08 Å². The zero-order valence-electron chi connectivity index (χ0n) is 13.7. The monoisotopic (exact) mass is 443 g/mol. The summed E-state index contributed by atoms with van der Waals surface area (Å²) in [7, 11) is 0. The van der Waals surface area contributed by atoms with Crippen molar-refractivity contribution in [1.82, 2.24) is 0 Å². The fourth-order valence-corrected chi connectivity index (χ4v) is 4.03. The van der Waals surface area contributed by atoms with Crippen molar-refractivity contribution < 1.29 is 27.9 Å². The van der Waals surface area contributed by atoms with Crippen LogP contribution in [-0.4, -0.2) is 21.3 Å². The van der Waals surface area contributed by atoms with Crippen molar-refractivity contribution in [2.45, 2.75) is 6.18 Å². The van der Waals surface area contributed by atoms with Crippen LogP contribution in [0.4, 0.5) is 18.9 Å². The summed E-state index contributed by atoms with van der Waals surface area (Å²) in [4.78, 5) is 25.1. The molecular weight excluding hydrogens is 435 g/mol. The van der Waals surface area contributed by atoms with Gasteiger partial charge in [0.2, 0.25) is 0 Å². The number of carboxylic acid groups (broad SMARTS) is 1. The summed E-state index contributed by atoms with van der Waals surface area (Å²) in [5, 5.41) is 8.75. The number of amides is 1. The Labute approximate surface area is 171 Å². The highest BCUT2D eigenvalue weighted by Gasteiger charge is 2.37. The van der Waals surface area contributed by atoms with E-state index in [9.17, 15) is 27.9 Å². The number of hydrogen-bond donors (Lipinski definition) is 1. The molecule has 3 rings (SSSR count). The van der Waals surface area contributed by atoms with Gasteiger partial charge >= 0.3 is 12.1 Å². The SMILES string of the molecule is O=C(O)c1ccccc1/C=C1/SC(=S)N(c2ccc(Cl)c(C(F)(F)F)c2)C1=O. The molecule has 1 N–H and O–H groups in total. The number of carbonyl (C=O) groups is 2. The molecule has 2 aromatic carbocycles. The van der Waals surface area contributed by atoms with Crippen molar-refractivity contribution in [3.8, 4) is 0 Å². The van der Waals surface area contributed by atoms with Gasteiger partial charge in [-0.05, 0) is 35.9 Å². The van der Waals surface area contributed by atoms with Crippen LogP contribution in [-0.2, 0) is 11.0 Å². The maximum absolute atomic E-state index is 13.1. The molecule has 1 aliphatic heterocycles. The van der Waals surface area contributed by atoms with Gasteiger partial charge in [-0.25, -0.2) is 4.79 Å². The fourth-order valence-electron chi connectivity index (χ4n) is 2.52. The number of carbonyl (C=O) groups excluding carboxylic acids is 1. The van der Waals surface area contributed by atoms with Crippen molar-refractivity contribution in [1.29, 1.82) is 0 Å². The molecule has 1 aliphatic rings. The van der Waals surface area contributed by atoms with Crippen LogP contribution < -0.4 is 4.90 Å². The van der Waals surface area contributed by atoms with Crippen molar-refractivity contribution >= 4 is 63.5 Å². The molecule has 0 atom stereocenters. The van der Waals surface area contributed by atoms with Gasteiger partial charge in [0.15, 0.2) is 4.32 Å². The normalized spacial score (nSPS) is 16.1. The summed E-state index contributed by atoms with van der Waals surface area (Å²) >= 11 is 11.6. The number of benzene rings is 2. The minimum absolute atomic E-state index is 0.0152. The van der Waals surface area contributed by atoms with Crippen LogP contribution in [0, 0.1) is 0 Å². The lowest BCUT2D eigenvalue weighted by Gasteiger charge is -2.17. The molecule has 0 radical (unpaired) electrons. The number of hydrogen-bond acceptors (Lipinski definition) is 4. The second-order valence-electron chi connectivity index (χ2n) is 5.57. The largest absolute Gasteiger partial charge is 0.478 e. The molecule has 0 aromatic heterocycles. The van der Waals surface area contributed by atoms with Crippen LogP contribution in [0.15, 0.2) is 47.4 Å². The average Bonchev–Trinajstić information content (AvgIpc) is 2.88. The molecule has 144 valence electrons. The van der Waals surface area contributed by atoms with Gasteiger partial charge in [-0.2, -0.15) is 13.2 Å². The number of halogens is 4. The molecule has 0 bridgehead atoms. The van der Waals surface area contributed by atoms with E-state index in [2.05, 4.69) is 0 Å². The highest BCUT2D eigenvalue weighted by molar-refractivity contribution is 8.27. The van der Waals surface area contributed by atoms with Crippen LogP contribution in [0.1, 0.15) is 21.5 Å². The molecular formula is C18H9ClF3NO3S2. The van der Waals surface area contributed by atoms with E-state index in [4.69, 9.17) is 23.8 Å². The maximum Gasteiger partial charge on any atom is 0.417 e. The van der Waals surface area contributed by atoms with E-state index in [1.54, 1.807) is 12.1 Å². The predicted molar refractivity (Wildman–Crippen MR) is 106 cm³/mol. The van der Waals surface area contributed by atoms with Crippen LogP contribution in [0.3, 0.4) is 0 Å². The Kier molecular flexibility index (Phi) is 5.51. The number of thioether (sulfide) groups is 1. The summed E-state index contributed by atoms with van der Waals surface area (Å²) in [5.41, 5.74) is -0.892. The van der Waals surface area contributed by atoms with Gasteiger partial charge < -0.3 is 5.11 Å². The lowest BCUT2D eigenvalue weighted by Crippen LogP contribution is -2.27. The third kappa shape index (κ3) is 3.91. The zero-order valence-corrected chi connectivity index (χ0v) is 16.0. The number of carboxylic acids is 1. The Morgan fingerprint density at radius 3 is 2.54 bits per heavy atom. The van der Waals surface area contributed by atoms with Crippen LogP contribution in [0.2, 0.25) is 5.02 Å². The third-order valence-corrected chi connectivity index (χ3v) is 5.42. The average molecular weight is 444 g/mol. The van der Waals surface area contributed by atoms with Gasteiger partial charge in [0.25, 0.3) is 5.91 Å². The molecule has 4 nitrogen and oxygen atoms in total. The molecule has 28 heavy (non-hydrogen) atoms. The standard InChI is InChI=1S/C18H9ClF3NO3S2/c19-13-6-5-10(8-12(13)18(20,21)22)23-15(24)14(28-17(23)27)7-9-3-1-2-4-11(9)16(25)26/h1-8H,(H,25,26)/b14-7+. The number of aromatic carboxylic acids is 1. The second-order valence-corrected chi connectivity index (χ2v) is 7.65. The highest BCUT2D eigenvalue weighted by atomic mass is 35.5. The van der Waals surface area contributed by atoms with Crippen LogP contribution >= 0.6 is 35.6 Å². The van der Waals surface area contributed by atoms with Crippen molar-refractivity contribution in [2.24, 2.45) is 0 Å². The van der Waals surface area contributed by atoms with Gasteiger partial charge in [0.1, 0.15) is 0 Å². The van der Waals surface area contributed by atoms with E-state index in [0.29, 0.717) is 0 Å². The maximum atomic E-state index is 13.1. The van der Waals surface area contributed by atoms with Crippen molar-refractivity contribution in [2.75, 3.05) is 4.90 Å². The van der Waals surface area contributed by atoms with E-state index in [0.717, 1.165) is 28.8 Å². The quantitative estimate of drug-likeness (QED) is 0.504. The van der Waals surface area contributed by atoms with E-state index in [1.165, 1.54) is 24.3 Å². The number of anilines is 1. The first-order valence-electron chi connectivity index (χ1n) is 7.56. The number of rotatable bonds is 3. The van der Waals surface area contributed by atoms with E-state index < -0.39 is 28.6 Å². The minimum atomic E-state index is -4.69. The predicted octanol–water partition coefficient (Wildman–Crippen LogP) is 5.46. The molecule has 1 saturated heterocycles. The molecule has 0 saturated carbocycles. The first-order chi connectivity index (χ1) is 13.1. The molecule has 1 heterocycles. The summed E-state index contributed by atoms with van der Waals surface area (Å²) in [6.45, 7) is 0. The van der Waals surface area contributed by atoms with Crippen LogP contribution in [0.5, 0.6) is 0 Å². The van der Waals surface area contributed by atoms with Gasteiger partial charge in [-0.3, -0.25) is 9.69 Å². The zero-order chi connectivity index (χ0) is 20.6. The Bertz CT molecular complexity index is 1040. The molecule has 0 aliphatic carbocycles. The van der Waals surface area contributed by atoms with E-state index in [1.807, 2.05) is 0 Å². The molecule has 0 unspecified atom stereocenters. The van der Waals surface area contributed by atoms with Crippen molar-refractivity contribution in [3.05, 3.63) is 69.1 Å². The van der Waals surface area contributed by atoms with Gasteiger partial charge in [-0.1, -0.05) is 53.8 Å². The molecule has 1 fully saturated rings. The Hall–Kier alpha value is -2.36. The smallest absolute Gasteiger partial charge is 0.417 e. The number of alkyl halides is 3. The summed E-state index contributed by atoms with van der Waals surface area (Å²) in [6, 6.07) is 9.09. The lowest BCUT2D eigenvalue weighted by atomic mass is 10.1. The third-order valence-electron chi connectivity index (χ3n) is 3.79. The molecule has 1 amide bonds. The number of thiocarbonyl (C=S) groups is 1. The van der Waals surface area contributed by atoms with Gasteiger partial charge in [0, 0.05) is 0 Å². The molecule has 10 heteroatoms. The Morgan fingerprint density at radius 2 is 1.89 bits per heavy atom. The summed E-state index contributed by atoms with van der Waals surface area (Å²) < 4.78 is 39.3. The van der Waals surface area contributed by atoms with E-state index >= 15 is 0 Å². The molecule has 0 spiro atoms. The summed E-state index contributed by atoms with van der Waals surface area (Å²) in [5.74, 6) is -1.82. The topological polar surface area (TPSA) is 57.6 Å². The Morgan fingerprint density at radius 1 is 1.21 bits per heavy atom. The number of nitrogens with zero attached hydrogens (tertiary/aromatic N) is 1. The van der Waals surface area contributed by atoms with Crippen molar-refractivity contribution in [3.63, 3.8) is 0 Å². The molecule has 2 aromatic rings. The van der Waals surface area contributed by atoms with E-state index in [-0.39, 0.29) is 26.0 Å². The van der Waals surface area contributed by atoms with Gasteiger partial charge in [-0.15, -0.1) is 0 Å². The minimum Gasteiger partial charge on any atom is -0.478 e. The fraction of sp³-hybridized carbons (Fsp3) is 0.0556. The first kappa shape index (κ1) is 20.4. The highest BCUT2D eigenvalue weighted by Crippen LogP contribution is 2.41.